The van der Waals surface area contributed by atoms with Crippen molar-refractivity contribution in [2.45, 2.75) is 12.8 Å². The lowest BCUT2D eigenvalue weighted by molar-refractivity contribution is -0.142. The quantitative estimate of drug-likeness (QED) is 0.586. The van der Waals surface area contributed by atoms with Gasteiger partial charge in [-0.25, -0.2) is 8.42 Å². The third-order valence-electron chi connectivity index (χ3n) is 4.37. The Bertz CT molecular complexity index is 850. The molecule has 1 aliphatic carbocycles. The van der Waals surface area contributed by atoms with Crippen molar-refractivity contribution in [1.29, 1.82) is 0 Å². The van der Waals surface area contributed by atoms with E-state index >= 15 is 0 Å². The van der Waals surface area contributed by atoms with Crippen LogP contribution in [0.5, 0.6) is 0 Å². The number of imide groups is 1. The monoisotopic (exact) mass is 377 g/mol. The van der Waals surface area contributed by atoms with E-state index in [2.05, 4.69) is 10.0 Å². The van der Waals surface area contributed by atoms with Crippen LogP contribution in [0.1, 0.15) is 12.8 Å². The highest BCUT2D eigenvalue weighted by Gasteiger charge is 2.47. The summed E-state index contributed by atoms with van der Waals surface area (Å²) in [5.41, 5.74) is 0.805. The molecule has 3 rings (SSSR count). The molecule has 3 amide bonds. The summed E-state index contributed by atoms with van der Waals surface area (Å²) in [5.74, 6) is -1.80. The van der Waals surface area contributed by atoms with E-state index in [9.17, 15) is 22.8 Å². The van der Waals surface area contributed by atoms with Crippen LogP contribution in [0.2, 0.25) is 0 Å². The SMILES string of the molecule is CS(=O)(=O)Nc1ccc(NC(=O)CN2C(=O)C3CC=CCC3C2=O)cc1. The zero-order valence-electron chi connectivity index (χ0n) is 14.1. The molecule has 26 heavy (non-hydrogen) atoms. The zero-order valence-corrected chi connectivity index (χ0v) is 15.0. The molecule has 2 unspecified atom stereocenters. The third kappa shape index (κ3) is 3.93. The second kappa shape index (κ2) is 6.91. The molecule has 1 aliphatic heterocycles. The van der Waals surface area contributed by atoms with Crippen LogP contribution < -0.4 is 10.0 Å². The Morgan fingerprint density at radius 3 is 2.04 bits per heavy atom. The van der Waals surface area contributed by atoms with Gasteiger partial charge in [-0.05, 0) is 37.1 Å². The first-order valence-corrected chi connectivity index (χ1v) is 10.0. The average molecular weight is 377 g/mol. The van der Waals surface area contributed by atoms with E-state index in [0.29, 0.717) is 24.2 Å². The molecule has 1 saturated heterocycles. The number of likely N-dealkylation sites (tertiary alicyclic amines) is 1. The van der Waals surface area contributed by atoms with E-state index in [4.69, 9.17) is 0 Å². The van der Waals surface area contributed by atoms with Crippen molar-refractivity contribution in [2.24, 2.45) is 11.8 Å². The number of sulfonamides is 1. The lowest BCUT2D eigenvalue weighted by Crippen LogP contribution is -2.38. The predicted molar refractivity (Wildman–Crippen MR) is 95.6 cm³/mol. The number of allylic oxidation sites excluding steroid dienone is 2. The van der Waals surface area contributed by atoms with Crippen LogP contribution in [-0.4, -0.2) is 43.8 Å². The van der Waals surface area contributed by atoms with Crippen LogP contribution in [0, 0.1) is 11.8 Å². The van der Waals surface area contributed by atoms with Gasteiger partial charge >= 0.3 is 0 Å². The van der Waals surface area contributed by atoms with E-state index in [1.165, 1.54) is 24.3 Å². The molecule has 1 fully saturated rings. The Kier molecular flexibility index (Phi) is 4.82. The largest absolute Gasteiger partial charge is 0.325 e. The minimum Gasteiger partial charge on any atom is -0.325 e. The Balaban J connectivity index is 1.61. The van der Waals surface area contributed by atoms with Crippen LogP contribution >= 0.6 is 0 Å². The number of hydrogen-bond acceptors (Lipinski definition) is 5. The summed E-state index contributed by atoms with van der Waals surface area (Å²) < 4.78 is 24.7. The van der Waals surface area contributed by atoms with Crippen molar-refractivity contribution >= 4 is 39.1 Å². The Morgan fingerprint density at radius 2 is 1.54 bits per heavy atom. The fourth-order valence-electron chi connectivity index (χ4n) is 3.20. The van der Waals surface area contributed by atoms with Gasteiger partial charge in [0.1, 0.15) is 6.54 Å². The first kappa shape index (κ1) is 18.1. The van der Waals surface area contributed by atoms with Gasteiger partial charge in [-0.3, -0.25) is 24.0 Å². The number of nitrogens with zero attached hydrogens (tertiary/aromatic N) is 1. The van der Waals surface area contributed by atoms with Crippen LogP contribution in [0.3, 0.4) is 0 Å². The minimum absolute atomic E-state index is 0.299. The normalized spacial score (nSPS) is 22.3. The first-order chi connectivity index (χ1) is 12.2. The van der Waals surface area contributed by atoms with Gasteiger partial charge in [-0.2, -0.15) is 0 Å². The number of hydrogen-bond donors (Lipinski definition) is 2. The van der Waals surface area contributed by atoms with Crippen molar-refractivity contribution in [1.82, 2.24) is 4.90 Å². The maximum absolute atomic E-state index is 12.3. The van der Waals surface area contributed by atoms with Gasteiger partial charge in [-0.15, -0.1) is 0 Å². The number of amides is 3. The van der Waals surface area contributed by atoms with Gasteiger partial charge in [0.2, 0.25) is 27.7 Å². The van der Waals surface area contributed by atoms with Crippen LogP contribution in [0.4, 0.5) is 11.4 Å². The molecule has 9 heteroatoms. The van der Waals surface area contributed by atoms with Crippen molar-refractivity contribution in [3.8, 4) is 0 Å². The molecule has 0 radical (unpaired) electrons. The maximum Gasteiger partial charge on any atom is 0.244 e. The number of fused-ring (bicyclic) bond motifs is 1. The Hall–Kier alpha value is -2.68. The Morgan fingerprint density at radius 1 is 1.04 bits per heavy atom. The Labute approximate surface area is 151 Å². The van der Waals surface area contributed by atoms with Crippen molar-refractivity contribution in [3.05, 3.63) is 36.4 Å². The summed E-state index contributed by atoms with van der Waals surface area (Å²) >= 11 is 0. The summed E-state index contributed by atoms with van der Waals surface area (Å²) in [4.78, 5) is 37.9. The topological polar surface area (TPSA) is 113 Å². The molecule has 0 aromatic heterocycles. The van der Waals surface area contributed by atoms with Crippen molar-refractivity contribution in [2.75, 3.05) is 22.8 Å². The molecule has 1 aromatic rings. The summed E-state index contributed by atoms with van der Waals surface area (Å²) in [5, 5.41) is 2.60. The molecule has 138 valence electrons. The fourth-order valence-corrected chi connectivity index (χ4v) is 3.77. The number of anilines is 2. The molecule has 1 aromatic carbocycles. The third-order valence-corrected chi connectivity index (χ3v) is 4.98. The standard InChI is InChI=1S/C17H19N3O5S/c1-26(24,25)19-12-8-6-11(7-9-12)18-15(21)10-20-16(22)13-4-2-3-5-14(13)17(20)23/h2-3,6-9,13-14,19H,4-5,10H2,1H3,(H,18,21). The van der Waals surface area contributed by atoms with Gasteiger partial charge in [0.05, 0.1) is 18.1 Å². The number of rotatable bonds is 5. The lowest BCUT2D eigenvalue weighted by atomic mass is 9.85. The van der Waals surface area contributed by atoms with E-state index in [0.717, 1.165) is 11.2 Å². The number of nitrogens with one attached hydrogen (secondary N) is 2. The van der Waals surface area contributed by atoms with E-state index in [1.807, 2.05) is 12.2 Å². The number of benzene rings is 1. The molecular weight excluding hydrogens is 358 g/mol. The smallest absolute Gasteiger partial charge is 0.244 e. The van der Waals surface area contributed by atoms with Crippen molar-refractivity contribution < 1.29 is 22.8 Å². The minimum atomic E-state index is -3.38. The van der Waals surface area contributed by atoms with Gasteiger partial charge < -0.3 is 5.32 Å². The molecule has 1 heterocycles. The summed E-state index contributed by atoms with van der Waals surface area (Å²) in [6, 6.07) is 6.07. The van der Waals surface area contributed by atoms with Gasteiger partial charge in [0, 0.05) is 11.4 Å². The highest BCUT2D eigenvalue weighted by Crippen LogP contribution is 2.34. The molecule has 2 atom stereocenters. The van der Waals surface area contributed by atoms with E-state index in [-0.39, 0.29) is 30.2 Å². The van der Waals surface area contributed by atoms with Gasteiger partial charge in [0.15, 0.2) is 0 Å². The van der Waals surface area contributed by atoms with E-state index < -0.39 is 15.9 Å². The van der Waals surface area contributed by atoms with Crippen LogP contribution in [0.15, 0.2) is 36.4 Å². The lowest BCUT2D eigenvalue weighted by Gasteiger charge is -2.14. The predicted octanol–water partition coefficient (Wildman–Crippen LogP) is 0.948. The molecule has 0 saturated carbocycles. The summed E-state index contributed by atoms with van der Waals surface area (Å²) in [6.07, 6.45) is 5.88. The summed E-state index contributed by atoms with van der Waals surface area (Å²) in [6.45, 7) is -0.325. The number of carbonyl (C=O) groups is 3. The molecule has 2 aliphatic rings. The maximum atomic E-state index is 12.3. The van der Waals surface area contributed by atoms with Gasteiger partial charge in [0.25, 0.3) is 0 Å². The summed E-state index contributed by atoms with van der Waals surface area (Å²) in [7, 11) is -3.38. The molecule has 2 N–H and O–H groups in total. The van der Waals surface area contributed by atoms with E-state index in [1.54, 1.807) is 0 Å². The highest BCUT2D eigenvalue weighted by atomic mass is 32.2. The van der Waals surface area contributed by atoms with Crippen LogP contribution in [-0.2, 0) is 24.4 Å². The molecular formula is C17H19N3O5S. The second-order valence-electron chi connectivity index (χ2n) is 6.42. The second-order valence-corrected chi connectivity index (χ2v) is 8.17. The fraction of sp³-hybridized carbons (Fsp3) is 0.353. The highest BCUT2D eigenvalue weighted by molar-refractivity contribution is 7.92. The van der Waals surface area contributed by atoms with Crippen LogP contribution in [0.25, 0.3) is 0 Å². The molecule has 0 bridgehead atoms. The zero-order chi connectivity index (χ0) is 18.9. The van der Waals surface area contributed by atoms with Crippen molar-refractivity contribution in [3.63, 3.8) is 0 Å². The molecule has 0 spiro atoms. The first-order valence-electron chi connectivity index (χ1n) is 8.12. The molecule has 8 nitrogen and oxygen atoms in total. The van der Waals surface area contributed by atoms with Gasteiger partial charge in [-0.1, -0.05) is 12.2 Å². The average Bonchev–Trinajstić information content (AvgIpc) is 2.81. The number of carbonyl (C=O) groups excluding carboxylic acids is 3.